The number of carbonyl (C=O) groups is 1. The van der Waals surface area contributed by atoms with Gasteiger partial charge >= 0.3 is 0 Å². The van der Waals surface area contributed by atoms with E-state index in [-0.39, 0.29) is 11.9 Å². The molecule has 0 unspecified atom stereocenters. The van der Waals surface area contributed by atoms with Crippen LogP contribution < -0.4 is 4.90 Å². The average molecular weight is 269 g/mol. The Bertz CT molecular complexity index is 542. The molecule has 0 bridgehead atoms. The fourth-order valence-electron chi connectivity index (χ4n) is 2.88. The van der Waals surface area contributed by atoms with Crippen LogP contribution in [0.5, 0.6) is 0 Å². The monoisotopic (exact) mass is 269 g/mol. The Hall–Kier alpha value is -1.86. The quantitative estimate of drug-likeness (QED) is 0.840. The van der Waals surface area contributed by atoms with E-state index < -0.39 is 0 Å². The number of nitriles is 1. The van der Waals surface area contributed by atoms with Gasteiger partial charge in [-0.3, -0.25) is 9.69 Å². The van der Waals surface area contributed by atoms with Crippen molar-refractivity contribution in [3.05, 3.63) is 29.8 Å². The Morgan fingerprint density at radius 2 is 2.00 bits per heavy atom. The lowest BCUT2D eigenvalue weighted by Crippen LogP contribution is -2.40. The Kier molecular flexibility index (Phi) is 3.45. The van der Waals surface area contributed by atoms with Crippen LogP contribution in [0.1, 0.15) is 24.8 Å². The zero-order chi connectivity index (χ0) is 14.1. The van der Waals surface area contributed by atoms with Gasteiger partial charge in [0.25, 0.3) is 0 Å². The lowest BCUT2D eigenvalue weighted by molar-refractivity contribution is -0.121. The molecule has 1 aliphatic heterocycles. The molecular weight excluding hydrogens is 250 g/mol. The van der Waals surface area contributed by atoms with Crippen LogP contribution in [0.4, 0.5) is 5.69 Å². The van der Waals surface area contributed by atoms with Crippen LogP contribution in [0, 0.1) is 17.2 Å². The summed E-state index contributed by atoms with van der Waals surface area (Å²) in [5.74, 6) is 0.995. The van der Waals surface area contributed by atoms with Crippen LogP contribution in [0.2, 0.25) is 0 Å². The summed E-state index contributed by atoms with van der Waals surface area (Å²) in [6.07, 6.45) is 3.51. The van der Waals surface area contributed by atoms with Crippen LogP contribution in [0.15, 0.2) is 24.3 Å². The SMILES string of the molecule is CN(CC1CC1)[C@@H]1CCN(c2ccc(C#N)cc2)C1=O. The molecule has 2 aliphatic rings. The van der Waals surface area contributed by atoms with Crippen molar-refractivity contribution in [1.82, 2.24) is 4.90 Å². The first kappa shape index (κ1) is 13.1. The van der Waals surface area contributed by atoms with Gasteiger partial charge in [0.05, 0.1) is 17.7 Å². The molecule has 1 aromatic carbocycles. The number of benzene rings is 1. The highest BCUT2D eigenvalue weighted by Crippen LogP contribution is 2.31. The van der Waals surface area contributed by atoms with E-state index in [9.17, 15) is 4.79 Å². The third-order valence-electron chi connectivity index (χ3n) is 4.26. The number of anilines is 1. The average Bonchev–Trinajstić information content (AvgIpc) is 3.19. The predicted molar refractivity (Wildman–Crippen MR) is 77.3 cm³/mol. The topological polar surface area (TPSA) is 47.3 Å². The second-order valence-corrected chi connectivity index (χ2v) is 5.84. The van der Waals surface area contributed by atoms with E-state index in [4.69, 9.17) is 5.26 Å². The highest BCUT2D eigenvalue weighted by atomic mass is 16.2. The molecule has 104 valence electrons. The van der Waals surface area contributed by atoms with Crippen LogP contribution in [0.3, 0.4) is 0 Å². The first-order chi connectivity index (χ1) is 9.69. The Morgan fingerprint density at radius 1 is 1.30 bits per heavy atom. The maximum atomic E-state index is 12.5. The molecule has 4 nitrogen and oxygen atoms in total. The van der Waals surface area contributed by atoms with Crippen molar-refractivity contribution in [3.8, 4) is 6.07 Å². The predicted octanol–water partition coefficient (Wildman–Crippen LogP) is 2.01. The summed E-state index contributed by atoms with van der Waals surface area (Å²) in [7, 11) is 2.06. The zero-order valence-corrected chi connectivity index (χ0v) is 11.7. The van der Waals surface area contributed by atoms with E-state index in [0.29, 0.717) is 5.56 Å². The van der Waals surface area contributed by atoms with Crippen molar-refractivity contribution in [1.29, 1.82) is 5.26 Å². The van der Waals surface area contributed by atoms with Gasteiger partial charge in [0, 0.05) is 18.8 Å². The number of nitrogens with zero attached hydrogens (tertiary/aromatic N) is 3. The van der Waals surface area contributed by atoms with E-state index in [0.717, 1.165) is 31.1 Å². The number of rotatable bonds is 4. The molecule has 20 heavy (non-hydrogen) atoms. The standard InChI is InChI=1S/C16H19N3O/c1-18(11-13-2-3-13)15-8-9-19(16(15)20)14-6-4-12(10-17)5-7-14/h4-7,13,15H,2-3,8-9,11H2,1H3/t15-/m1/s1. The third kappa shape index (κ3) is 2.54. The van der Waals surface area contributed by atoms with Gasteiger partial charge in [-0.15, -0.1) is 0 Å². The molecule has 3 rings (SSSR count). The molecule has 1 amide bonds. The second-order valence-electron chi connectivity index (χ2n) is 5.84. The minimum Gasteiger partial charge on any atom is -0.311 e. The summed E-state index contributed by atoms with van der Waals surface area (Å²) in [6.45, 7) is 1.81. The molecule has 0 aromatic heterocycles. The van der Waals surface area contributed by atoms with Gasteiger partial charge in [0.1, 0.15) is 0 Å². The van der Waals surface area contributed by atoms with Crippen LogP contribution in [0.25, 0.3) is 0 Å². The van der Waals surface area contributed by atoms with Crippen LogP contribution in [-0.4, -0.2) is 37.0 Å². The van der Waals surface area contributed by atoms with Crippen molar-refractivity contribution < 1.29 is 4.79 Å². The maximum absolute atomic E-state index is 12.5. The smallest absolute Gasteiger partial charge is 0.244 e. The first-order valence-corrected chi connectivity index (χ1v) is 7.21. The molecular formula is C16H19N3O. The molecule has 1 saturated heterocycles. The van der Waals surface area contributed by atoms with E-state index >= 15 is 0 Å². The molecule has 1 saturated carbocycles. The summed E-state index contributed by atoms with van der Waals surface area (Å²) in [4.78, 5) is 16.6. The van der Waals surface area contributed by atoms with Gasteiger partial charge < -0.3 is 4.90 Å². The Morgan fingerprint density at radius 3 is 2.60 bits per heavy atom. The van der Waals surface area contributed by atoms with Gasteiger partial charge in [0.15, 0.2) is 0 Å². The molecule has 0 radical (unpaired) electrons. The fraction of sp³-hybridized carbons (Fsp3) is 0.500. The molecule has 0 N–H and O–H groups in total. The second kappa shape index (κ2) is 5.26. The summed E-state index contributed by atoms with van der Waals surface area (Å²) in [6, 6.07) is 9.38. The van der Waals surface area contributed by atoms with E-state index in [1.54, 1.807) is 12.1 Å². The van der Waals surface area contributed by atoms with Crippen LogP contribution >= 0.6 is 0 Å². The molecule has 1 aliphatic carbocycles. The molecule has 2 fully saturated rings. The molecule has 4 heteroatoms. The van der Waals surface area contributed by atoms with Crippen molar-refractivity contribution in [2.24, 2.45) is 5.92 Å². The molecule has 1 heterocycles. The summed E-state index contributed by atoms with van der Waals surface area (Å²) in [5, 5.41) is 8.81. The lowest BCUT2D eigenvalue weighted by Gasteiger charge is -2.23. The number of amides is 1. The highest BCUT2D eigenvalue weighted by Gasteiger charge is 2.37. The number of hydrogen-bond acceptors (Lipinski definition) is 3. The lowest BCUT2D eigenvalue weighted by atomic mass is 10.2. The van der Waals surface area contributed by atoms with Gasteiger partial charge in [-0.05, 0) is 56.5 Å². The van der Waals surface area contributed by atoms with E-state index in [1.807, 2.05) is 17.0 Å². The van der Waals surface area contributed by atoms with Gasteiger partial charge in [-0.1, -0.05) is 0 Å². The minimum atomic E-state index is 0.0197. The van der Waals surface area contributed by atoms with Gasteiger partial charge in [-0.2, -0.15) is 5.26 Å². The van der Waals surface area contributed by atoms with Crippen molar-refractivity contribution in [2.45, 2.75) is 25.3 Å². The van der Waals surface area contributed by atoms with Crippen molar-refractivity contribution >= 4 is 11.6 Å². The minimum absolute atomic E-state index is 0.0197. The molecule has 1 atom stereocenters. The summed E-state index contributed by atoms with van der Waals surface area (Å²) in [5.41, 5.74) is 1.53. The Labute approximate surface area is 119 Å². The normalized spacial score (nSPS) is 22.4. The number of hydrogen-bond donors (Lipinski definition) is 0. The first-order valence-electron chi connectivity index (χ1n) is 7.21. The largest absolute Gasteiger partial charge is 0.311 e. The summed E-state index contributed by atoms with van der Waals surface area (Å²) >= 11 is 0. The maximum Gasteiger partial charge on any atom is 0.244 e. The van der Waals surface area contributed by atoms with E-state index in [1.165, 1.54) is 12.8 Å². The highest BCUT2D eigenvalue weighted by molar-refractivity contribution is 5.99. The molecule has 1 aromatic rings. The summed E-state index contributed by atoms with van der Waals surface area (Å²) < 4.78 is 0. The number of likely N-dealkylation sites (N-methyl/N-ethyl adjacent to an activating group) is 1. The zero-order valence-electron chi connectivity index (χ0n) is 11.7. The molecule has 0 spiro atoms. The van der Waals surface area contributed by atoms with Crippen molar-refractivity contribution in [3.63, 3.8) is 0 Å². The van der Waals surface area contributed by atoms with Crippen LogP contribution in [-0.2, 0) is 4.79 Å². The Balaban J connectivity index is 1.69. The van der Waals surface area contributed by atoms with Crippen molar-refractivity contribution in [2.75, 3.05) is 25.0 Å². The van der Waals surface area contributed by atoms with Gasteiger partial charge in [-0.25, -0.2) is 0 Å². The fourth-order valence-corrected chi connectivity index (χ4v) is 2.88. The van der Waals surface area contributed by atoms with Gasteiger partial charge in [0.2, 0.25) is 5.91 Å². The van der Waals surface area contributed by atoms with E-state index in [2.05, 4.69) is 18.0 Å². The third-order valence-corrected chi connectivity index (χ3v) is 4.26. The number of carbonyl (C=O) groups excluding carboxylic acids is 1.